The van der Waals surface area contributed by atoms with Gasteiger partial charge in [0.15, 0.2) is 17.5 Å². The van der Waals surface area contributed by atoms with Crippen LogP contribution in [0.25, 0.3) is 100 Å². The molecule has 10 aromatic carbocycles. The minimum atomic E-state index is -3.27. The molecular weight excluding hydrogens is 838 g/mol. The maximum absolute atomic E-state index is 12.7. The predicted octanol–water partition coefficient (Wildman–Crippen LogP) is 13.9. The average Bonchev–Trinajstić information content (AvgIpc) is 3.81. The van der Waals surface area contributed by atoms with Gasteiger partial charge in [-0.05, 0) is 17.2 Å². The SMILES string of the molecule is O[PH](c1ccccc1)(c1ccccc1)c1ccc(-c2cc3c(oc4cccc(-c5ccc(-c6nc(-c7ccccc7)nc(-c7cccc(-c8ccccc8)c7)n6)cc5)c43)c3ccccc23)cc1. The number of aromatic nitrogens is 3. The van der Waals surface area contributed by atoms with Gasteiger partial charge >= 0.3 is 245 Å². The number of nitrogens with zero attached hydrogens (tertiary/aromatic N) is 3. The third kappa shape index (κ3) is 7.28. The van der Waals surface area contributed by atoms with E-state index in [0.29, 0.717) is 17.5 Å². The number of rotatable bonds is 9. The normalized spacial score (nSPS) is 11.9. The molecule has 0 amide bonds. The predicted molar refractivity (Wildman–Crippen MR) is 280 cm³/mol. The van der Waals surface area contributed by atoms with Crippen molar-refractivity contribution in [3.05, 3.63) is 243 Å². The van der Waals surface area contributed by atoms with Gasteiger partial charge in [0.2, 0.25) is 0 Å². The molecule has 1 N–H and O–H groups in total. The Balaban J connectivity index is 0.950. The van der Waals surface area contributed by atoms with Gasteiger partial charge < -0.3 is 0 Å². The van der Waals surface area contributed by atoms with Crippen molar-refractivity contribution in [3.8, 4) is 67.5 Å². The molecule has 6 heteroatoms. The molecule has 318 valence electrons. The van der Waals surface area contributed by atoms with Crippen molar-refractivity contribution in [2.75, 3.05) is 0 Å². The van der Waals surface area contributed by atoms with Crippen molar-refractivity contribution < 1.29 is 9.31 Å². The summed E-state index contributed by atoms with van der Waals surface area (Å²) in [6, 6.07) is 83.1. The molecular formula is C61H42N3O2P. The Morgan fingerprint density at radius 3 is 1.40 bits per heavy atom. The topological polar surface area (TPSA) is 72.0 Å². The molecule has 2 heterocycles. The fourth-order valence-corrected chi connectivity index (χ4v) is 12.5. The van der Waals surface area contributed by atoms with E-state index in [9.17, 15) is 4.89 Å². The molecule has 12 rings (SSSR count). The molecule has 0 aliphatic carbocycles. The summed E-state index contributed by atoms with van der Waals surface area (Å²) in [6.45, 7) is 0. The molecule has 0 saturated carbocycles. The van der Waals surface area contributed by atoms with Gasteiger partial charge in [-0.3, -0.25) is 0 Å². The first-order valence-corrected chi connectivity index (χ1v) is 24.4. The zero-order chi connectivity index (χ0) is 44.7. The van der Waals surface area contributed by atoms with E-state index in [0.717, 1.165) is 98.7 Å². The molecule has 0 bridgehead atoms. The van der Waals surface area contributed by atoms with E-state index in [4.69, 9.17) is 19.4 Å². The van der Waals surface area contributed by atoms with Gasteiger partial charge in [0.05, 0.1) is 0 Å². The summed E-state index contributed by atoms with van der Waals surface area (Å²) in [5.41, 5.74) is 10.9. The summed E-state index contributed by atoms with van der Waals surface area (Å²) in [5.74, 6) is 1.83. The van der Waals surface area contributed by atoms with Crippen molar-refractivity contribution >= 4 is 56.1 Å². The first kappa shape index (κ1) is 40.2. The number of hydrogen-bond acceptors (Lipinski definition) is 5. The Hall–Kier alpha value is -8.34. The van der Waals surface area contributed by atoms with Gasteiger partial charge in [-0.1, -0.05) is 78.9 Å². The van der Waals surface area contributed by atoms with Crippen LogP contribution in [0.3, 0.4) is 0 Å². The van der Waals surface area contributed by atoms with E-state index in [-0.39, 0.29) is 0 Å². The van der Waals surface area contributed by atoms with E-state index in [1.165, 1.54) is 0 Å². The van der Waals surface area contributed by atoms with Crippen LogP contribution in [-0.2, 0) is 0 Å². The second-order valence-corrected chi connectivity index (χ2v) is 20.0. The molecule has 0 atom stereocenters. The molecule has 0 saturated heterocycles. The van der Waals surface area contributed by atoms with Crippen LogP contribution in [0.15, 0.2) is 247 Å². The van der Waals surface area contributed by atoms with Crippen molar-refractivity contribution in [1.82, 2.24) is 15.0 Å². The molecule has 2 aromatic heterocycles. The number of hydrogen-bond donors (Lipinski definition) is 1. The third-order valence-electron chi connectivity index (χ3n) is 12.8. The quantitative estimate of drug-likeness (QED) is 0.146. The standard InChI is InChI=1S/C61H42N3O2P/c65-67(48-23-9-3-10-24-48,49-25-11-4-12-26-49)50-37-35-43(36-38-50)54-40-55-57-51(29-16-30-56(57)66-58(55)53-28-14-13-27-52(53)54)42-31-33-45(34-32-42)60-62-59(44-19-7-2-8-20-44)63-61(64-60)47-22-15-21-46(39-47)41-17-5-1-6-18-41/h1-40,65,67H. The molecule has 0 spiro atoms. The molecule has 0 unspecified atom stereocenters. The van der Waals surface area contributed by atoms with E-state index >= 15 is 0 Å². The van der Waals surface area contributed by atoms with Crippen LogP contribution >= 0.6 is 7.49 Å². The van der Waals surface area contributed by atoms with Crippen molar-refractivity contribution in [2.24, 2.45) is 0 Å². The molecule has 5 nitrogen and oxygen atoms in total. The van der Waals surface area contributed by atoms with Crippen LogP contribution in [0, 0.1) is 0 Å². The second-order valence-electron chi connectivity index (χ2n) is 16.8. The summed E-state index contributed by atoms with van der Waals surface area (Å²) >= 11 is 0. The summed E-state index contributed by atoms with van der Waals surface area (Å²) in [4.78, 5) is 27.8. The Kier molecular flexibility index (Phi) is 10.1. The second kappa shape index (κ2) is 16.9. The van der Waals surface area contributed by atoms with Crippen molar-refractivity contribution in [3.63, 3.8) is 0 Å². The molecule has 0 aliphatic rings. The fourth-order valence-electron chi connectivity index (χ4n) is 9.50. The van der Waals surface area contributed by atoms with Crippen molar-refractivity contribution in [1.29, 1.82) is 0 Å². The molecule has 67 heavy (non-hydrogen) atoms. The number of benzene rings is 10. The fraction of sp³-hybridized carbons (Fsp3) is 0. The van der Waals surface area contributed by atoms with Crippen LogP contribution < -0.4 is 15.9 Å². The van der Waals surface area contributed by atoms with Crippen LogP contribution in [0.1, 0.15) is 0 Å². The van der Waals surface area contributed by atoms with E-state index < -0.39 is 7.49 Å². The summed E-state index contributed by atoms with van der Waals surface area (Å²) < 4.78 is 6.77. The molecule has 12 aromatic rings. The van der Waals surface area contributed by atoms with Crippen LogP contribution in [0.4, 0.5) is 0 Å². The third-order valence-corrected chi connectivity index (χ3v) is 16.4. The van der Waals surface area contributed by atoms with E-state index in [2.05, 4.69) is 146 Å². The zero-order valence-corrected chi connectivity index (χ0v) is 37.3. The van der Waals surface area contributed by atoms with Crippen LogP contribution in [0.5, 0.6) is 0 Å². The van der Waals surface area contributed by atoms with Gasteiger partial charge in [0.25, 0.3) is 0 Å². The van der Waals surface area contributed by atoms with Crippen molar-refractivity contribution in [2.45, 2.75) is 0 Å². The number of furan rings is 1. The Morgan fingerprint density at radius 1 is 0.313 bits per heavy atom. The van der Waals surface area contributed by atoms with Gasteiger partial charge in [-0.15, -0.1) is 0 Å². The summed E-state index contributed by atoms with van der Waals surface area (Å²) in [7, 11) is -3.27. The van der Waals surface area contributed by atoms with Crippen LogP contribution in [-0.4, -0.2) is 19.8 Å². The average molecular weight is 880 g/mol. The van der Waals surface area contributed by atoms with Gasteiger partial charge in [0, 0.05) is 16.7 Å². The minimum absolute atomic E-state index is 0.600. The first-order valence-electron chi connectivity index (χ1n) is 22.5. The van der Waals surface area contributed by atoms with E-state index in [1.54, 1.807) is 0 Å². The monoisotopic (exact) mass is 879 g/mol. The van der Waals surface area contributed by atoms with Gasteiger partial charge in [-0.25, -0.2) is 15.0 Å². The maximum atomic E-state index is 12.7. The summed E-state index contributed by atoms with van der Waals surface area (Å²) in [5, 5.41) is 7.07. The van der Waals surface area contributed by atoms with Gasteiger partial charge in [-0.2, -0.15) is 0 Å². The van der Waals surface area contributed by atoms with Gasteiger partial charge in [0.1, 0.15) is 0 Å². The molecule has 0 aliphatic heterocycles. The molecule has 0 fully saturated rings. The Bertz CT molecular complexity index is 3690. The summed E-state index contributed by atoms with van der Waals surface area (Å²) in [6.07, 6.45) is 0. The van der Waals surface area contributed by atoms with E-state index in [1.807, 2.05) is 97.1 Å². The zero-order valence-electron chi connectivity index (χ0n) is 36.3. The Labute approximate surface area is 388 Å². The number of fused-ring (bicyclic) bond motifs is 5. The Morgan fingerprint density at radius 2 is 0.761 bits per heavy atom. The molecule has 0 radical (unpaired) electrons. The van der Waals surface area contributed by atoms with Crippen LogP contribution in [0.2, 0.25) is 0 Å². The first-order chi connectivity index (χ1) is 33.1.